The van der Waals surface area contributed by atoms with Crippen molar-refractivity contribution >= 4 is 27.3 Å². The van der Waals surface area contributed by atoms with Gasteiger partial charge in [0.1, 0.15) is 0 Å². The van der Waals surface area contributed by atoms with Gasteiger partial charge in [0.15, 0.2) is 6.29 Å². The highest BCUT2D eigenvalue weighted by Crippen LogP contribution is 2.23. The van der Waals surface area contributed by atoms with E-state index in [0.29, 0.717) is 0 Å². The molecule has 0 aliphatic rings. The number of thiophene rings is 1. The van der Waals surface area contributed by atoms with Crippen LogP contribution in [0.5, 0.6) is 0 Å². The third-order valence-electron chi connectivity index (χ3n) is 1.88. The molecule has 0 bridgehead atoms. The predicted octanol–water partition coefficient (Wildman–Crippen LogP) is 2.00. The highest BCUT2D eigenvalue weighted by Gasteiger charge is 2.17. The lowest BCUT2D eigenvalue weighted by Crippen LogP contribution is -2.38. The summed E-state index contributed by atoms with van der Waals surface area (Å²) in [6.07, 6.45) is 0.429. The standard InChI is InChI=1S/C9H14BrNO2S/c1-12-9(13-2)7(11)5-6-3-4-8(10)14-6/h3-4,7,9H,5,11H2,1-2H3. The summed E-state index contributed by atoms with van der Waals surface area (Å²) >= 11 is 5.09. The van der Waals surface area contributed by atoms with E-state index in [-0.39, 0.29) is 12.3 Å². The van der Waals surface area contributed by atoms with E-state index >= 15 is 0 Å². The van der Waals surface area contributed by atoms with Crippen LogP contribution in [0, 0.1) is 0 Å². The Labute approximate surface area is 96.3 Å². The van der Waals surface area contributed by atoms with Gasteiger partial charge in [0.25, 0.3) is 0 Å². The Morgan fingerprint density at radius 2 is 2.07 bits per heavy atom. The second kappa shape index (κ2) is 5.82. The maximum Gasteiger partial charge on any atom is 0.172 e. The molecule has 0 saturated carbocycles. The van der Waals surface area contributed by atoms with Gasteiger partial charge in [-0.05, 0) is 28.1 Å². The fourth-order valence-electron chi connectivity index (χ4n) is 1.24. The molecule has 0 aromatic carbocycles. The number of ether oxygens (including phenoxy) is 2. The minimum Gasteiger partial charge on any atom is -0.354 e. The monoisotopic (exact) mass is 279 g/mol. The summed E-state index contributed by atoms with van der Waals surface area (Å²) in [5, 5.41) is 0. The van der Waals surface area contributed by atoms with Crippen LogP contribution >= 0.6 is 27.3 Å². The van der Waals surface area contributed by atoms with Gasteiger partial charge in [-0.15, -0.1) is 11.3 Å². The first-order valence-corrected chi connectivity index (χ1v) is 5.83. The molecule has 1 atom stereocenters. The first kappa shape index (κ1) is 12.1. The fraction of sp³-hybridized carbons (Fsp3) is 0.556. The van der Waals surface area contributed by atoms with E-state index < -0.39 is 0 Å². The minimum absolute atomic E-state index is 0.129. The zero-order chi connectivity index (χ0) is 10.6. The van der Waals surface area contributed by atoms with Gasteiger partial charge in [0, 0.05) is 25.5 Å². The van der Waals surface area contributed by atoms with Crippen LogP contribution < -0.4 is 5.73 Å². The Hall–Kier alpha value is 0.0600. The average molecular weight is 280 g/mol. The summed E-state index contributed by atoms with van der Waals surface area (Å²) in [5.74, 6) is 0. The van der Waals surface area contributed by atoms with Crippen molar-refractivity contribution < 1.29 is 9.47 Å². The Balaban J connectivity index is 2.51. The van der Waals surface area contributed by atoms with E-state index in [2.05, 4.69) is 22.0 Å². The molecule has 0 spiro atoms. The second-order valence-electron chi connectivity index (χ2n) is 2.91. The van der Waals surface area contributed by atoms with E-state index in [0.717, 1.165) is 10.2 Å². The molecular formula is C9H14BrNO2S. The van der Waals surface area contributed by atoms with Crippen LogP contribution in [0.2, 0.25) is 0 Å². The molecule has 80 valence electrons. The van der Waals surface area contributed by atoms with Crippen LogP contribution in [0.25, 0.3) is 0 Å². The first-order valence-electron chi connectivity index (χ1n) is 4.22. The van der Waals surface area contributed by atoms with Crippen molar-refractivity contribution in [3.63, 3.8) is 0 Å². The number of hydrogen-bond donors (Lipinski definition) is 1. The van der Waals surface area contributed by atoms with Crippen LogP contribution in [0.15, 0.2) is 15.9 Å². The number of hydrogen-bond acceptors (Lipinski definition) is 4. The largest absolute Gasteiger partial charge is 0.354 e. The van der Waals surface area contributed by atoms with Crippen molar-refractivity contribution in [2.75, 3.05) is 14.2 Å². The zero-order valence-corrected chi connectivity index (χ0v) is 10.6. The topological polar surface area (TPSA) is 44.5 Å². The zero-order valence-electron chi connectivity index (χ0n) is 8.20. The van der Waals surface area contributed by atoms with Gasteiger partial charge >= 0.3 is 0 Å². The summed E-state index contributed by atoms with van der Waals surface area (Å²) in [6.45, 7) is 0. The molecule has 0 fully saturated rings. The van der Waals surface area contributed by atoms with Gasteiger partial charge in [-0.25, -0.2) is 0 Å². The Kier molecular flexibility index (Phi) is 5.05. The number of methoxy groups -OCH3 is 2. The lowest BCUT2D eigenvalue weighted by Gasteiger charge is -2.20. The van der Waals surface area contributed by atoms with E-state index in [9.17, 15) is 0 Å². The van der Waals surface area contributed by atoms with E-state index in [1.54, 1.807) is 25.6 Å². The van der Waals surface area contributed by atoms with Gasteiger partial charge < -0.3 is 15.2 Å². The van der Waals surface area contributed by atoms with E-state index in [1.807, 2.05) is 6.07 Å². The SMILES string of the molecule is COC(OC)C(N)Cc1ccc(Br)s1. The molecule has 1 heterocycles. The molecule has 3 nitrogen and oxygen atoms in total. The summed E-state index contributed by atoms with van der Waals surface area (Å²) < 4.78 is 11.3. The van der Waals surface area contributed by atoms with Gasteiger partial charge in [0.05, 0.1) is 9.83 Å². The third-order valence-corrected chi connectivity index (χ3v) is 3.53. The molecule has 0 aliphatic carbocycles. The summed E-state index contributed by atoms with van der Waals surface area (Å²) in [5.41, 5.74) is 5.92. The summed E-state index contributed by atoms with van der Waals surface area (Å²) in [7, 11) is 3.19. The molecule has 1 aromatic heterocycles. The first-order chi connectivity index (χ1) is 6.67. The normalized spacial score (nSPS) is 13.5. The molecule has 0 radical (unpaired) electrons. The van der Waals surface area contributed by atoms with Crippen molar-refractivity contribution in [1.29, 1.82) is 0 Å². The average Bonchev–Trinajstić information content (AvgIpc) is 2.53. The van der Waals surface area contributed by atoms with Crippen molar-refractivity contribution in [3.05, 3.63) is 20.8 Å². The van der Waals surface area contributed by atoms with Crippen LogP contribution in [-0.2, 0) is 15.9 Å². The van der Waals surface area contributed by atoms with Gasteiger partial charge in [-0.2, -0.15) is 0 Å². The Morgan fingerprint density at radius 1 is 1.43 bits per heavy atom. The van der Waals surface area contributed by atoms with Gasteiger partial charge in [-0.3, -0.25) is 0 Å². The summed E-state index contributed by atoms with van der Waals surface area (Å²) in [6, 6.07) is 3.94. The number of halogens is 1. The Morgan fingerprint density at radius 3 is 2.50 bits per heavy atom. The van der Waals surface area contributed by atoms with Crippen molar-refractivity contribution in [2.45, 2.75) is 18.8 Å². The number of rotatable bonds is 5. The van der Waals surface area contributed by atoms with Crippen LogP contribution in [-0.4, -0.2) is 26.6 Å². The van der Waals surface area contributed by atoms with Crippen molar-refractivity contribution in [2.24, 2.45) is 5.73 Å². The molecule has 14 heavy (non-hydrogen) atoms. The molecule has 2 N–H and O–H groups in total. The maximum atomic E-state index is 5.92. The van der Waals surface area contributed by atoms with Crippen LogP contribution in [0.1, 0.15) is 4.88 Å². The Bertz CT molecular complexity index is 276. The number of nitrogens with two attached hydrogens (primary N) is 1. The minimum atomic E-state index is -0.337. The maximum absolute atomic E-state index is 5.92. The van der Waals surface area contributed by atoms with Crippen LogP contribution in [0.3, 0.4) is 0 Å². The van der Waals surface area contributed by atoms with Gasteiger partial charge in [0.2, 0.25) is 0 Å². The second-order valence-corrected chi connectivity index (χ2v) is 5.46. The third kappa shape index (κ3) is 3.33. The molecule has 1 rings (SSSR count). The lowest BCUT2D eigenvalue weighted by atomic mass is 10.2. The molecule has 0 aliphatic heterocycles. The van der Waals surface area contributed by atoms with Crippen LogP contribution in [0.4, 0.5) is 0 Å². The highest BCUT2D eigenvalue weighted by molar-refractivity contribution is 9.11. The van der Waals surface area contributed by atoms with E-state index in [4.69, 9.17) is 15.2 Å². The highest BCUT2D eigenvalue weighted by atomic mass is 79.9. The van der Waals surface area contributed by atoms with Gasteiger partial charge in [-0.1, -0.05) is 0 Å². The fourth-order valence-corrected chi connectivity index (χ4v) is 2.79. The molecular weight excluding hydrogens is 266 g/mol. The quantitative estimate of drug-likeness (QED) is 0.839. The van der Waals surface area contributed by atoms with Crippen molar-refractivity contribution in [1.82, 2.24) is 0 Å². The molecule has 1 unspecified atom stereocenters. The van der Waals surface area contributed by atoms with E-state index in [1.165, 1.54) is 4.88 Å². The van der Waals surface area contributed by atoms with Crippen molar-refractivity contribution in [3.8, 4) is 0 Å². The lowest BCUT2D eigenvalue weighted by molar-refractivity contribution is -0.115. The summed E-state index contributed by atoms with van der Waals surface area (Å²) in [4.78, 5) is 1.23. The molecule has 5 heteroatoms. The molecule has 1 aromatic rings. The predicted molar refractivity (Wildman–Crippen MR) is 61.5 cm³/mol. The molecule has 0 amide bonds. The smallest absolute Gasteiger partial charge is 0.172 e. The molecule has 0 saturated heterocycles.